The Kier molecular flexibility index (Phi) is 2.89. The van der Waals surface area contributed by atoms with Gasteiger partial charge in [0.1, 0.15) is 0 Å². The number of benzene rings is 1. The van der Waals surface area contributed by atoms with E-state index < -0.39 is 0 Å². The molecule has 0 amide bonds. The molecule has 1 unspecified atom stereocenters. The summed E-state index contributed by atoms with van der Waals surface area (Å²) in [6.07, 6.45) is 3.14. The van der Waals surface area contributed by atoms with E-state index in [9.17, 15) is 5.11 Å². The molecule has 1 aromatic carbocycles. The fourth-order valence-electron chi connectivity index (χ4n) is 1.51. The van der Waals surface area contributed by atoms with Gasteiger partial charge in [-0.05, 0) is 65.5 Å². The average molecular weight is 288 g/mol. The van der Waals surface area contributed by atoms with Crippen molar-refractivity contribution >= 4 is 22.6 Å². The van der Waals surface area contributed by atoms with Gasteiger partial charge in [-0.25, -0.2) is 0 Å². The molecule has 1 saturated carbocycles. The number of aliphatic hydroxyl groups is 1. The van der Waals surface area contributed by atoms with Crippen LogP contribution in [0.1, 0.15) is 18.4 Å². The molecule has 0 spiro atoms. The summed E-state index contributed by atoms with van der Waals surface area (Å²) >= 11 is 2.29. The predicted octanol–water partition coefficient (Wildman–Crippen LogP) is 2.60. The van der Waals surface area contributed by atoms with E-state index in [1.165, 1.54) is 22.0 Å². The Hall–Kier alpha value is -0.0900. The molecular formula is C11H13IO. The summed E-state index contributed by atoms with van der Waals surface area (Å²) in [5.74, 6) is 0.583. The lowest BCUT2D eigenvalue weighted by atomic mass is 10.1. The highest BCUT2D eigenvalue weighted by Crippen LogP contribution is 2.33. The molecule has 1 fully saturated rings. The van der Waals surface area contributed by atoms with Crippen LogP contribution < -0.4 is 0 Å². The Labute approximate surface area is 92.3 Å². The monoisotopic (exact) mass is 288 g/mol. The van der Waals surface area contributed by atoms with E-state index in [0.29, 0.717) is 5.92 Å². The minimum absolute atomic E-state index is 0.111. The molecule has 1 nitrogen and oxygen atoms in total. The molecule has 0 aromatic heterocycles. The molecule has 1 aromatic rings. The lowest BCUT2D eigenvalue weighted by Crippen LogP contribution is -2.12. The molecular weight excluding hydrogens is 275 g/mol. The number of hydrogen-bond donors (Lipinski definition) is 1. The minimum atomic E-state index is -0.111. The molecule has 70 valence electrons. The van der Waals surface area contributed by atoms with E-state index in [0.717, 1.165) is 6.42 Å². The maximum Gasteiger partial charge on any atom is 0.0608 e. The summed E-state index contributed by atoms with van der Waals surface area (Å²) < 4.78 is 1.25. The van der Waals surface area contributed by atoms with Crippen LogP contribution in [0.2, 0.25) is 0 Å². The summed E-state index contributed by atoms with van der Waals surface area (Å²) in [5.41, 5.74) is 1.25. The normalized spacial score (nSPS) is 18.6. The van der Waals surface area contributed by atoms with Crippen LogP contribution in [0.15, 0.2) is 24.3 Å². The van der Waals surface area contributed by atoms with Gasteiger partial charge in [-0.1, -0.05) is 12.1 Å². The first-order valence-electron chi connectivity index (χ1n) is 4.68. The maximum absolute atomic E-state index is 9.71. The van der Waals surface area contributed by atoms with Crippen molar-refractivity contribution in [1.82, 2.24) is 0 Å². The van der Waals surface area contributed by atoms with Crippen molar-refractivity contribution in [3.05, 3.63) is 33.4 Å². The minimum Gasteiger partial charge on any atom is -0.392 e. The van der Waals surface area contributed by atoms with Crippen molar-refractivity contribution in [2.45, 2.75) is 25.4 Å². The topological polar surface area (TPSA) is 20.2 Å². The van der Waals surface area contributed by atoms with Crippen molar-refractivity contribution in [1.29, 1.82) is 0 Å². The quantitative estimate of drug-likeness (QED) is 0.848. The lowest BCUT2D eigenvalue weighted by Gasteiger charge is -2.08. The van der Waals surface area contributed by atoms with Gasteiger partial charge in [0.25, 0.3) is 0 Å². The molecule has 0 heterocycles. The van der Waals surface area contributed by atoms with Crippen LogP contribution in [0, 0.1) is 9.49 Å². The van der Waals surface area contributed by atoms with E-state index >= 15 is 0 Å². The van der Waals surface area contributed by atoms with E-state index in [1.54, 1.807) is 0 Å². The van der Waals surface area contributed by atoms with Gasteiger partial charge in [-0.2, -0.15) is 0 Å². The molecule has 2 rings (SSSR count). The first-order valence-corrected chi connectivity index (χ1v) is 5.76. The zero-order valence-corrected chi connectivity index (χ0v) is 9.57. The zero-order chi connectivity index (χ0) is 9.26. The van der Waals surface area contributed by atoms with Gasteiger partial charge >= 0.3 is 0 Å². The molecule has 1 aliphatic rings. The second kappa shape index (κ2) is 3.96. The van der Waals surface area contributed by atoms with Gasteiger partial charge in [0.15, 0.2) is 0 Å². The fraction of sp³-hybridized carbons (Fsp3) is 0.455. The van der Waals surface area contributed by atoms with Crippen LogP contribution in [0.3, 0.4) is 0 Å². The molecule has 2 heteroatoms. The molecule has 1 aliphatic carbocycles. The molecule has 0 bridgehead atoms. The maximum atomic E-state index is 9.71. The highest BCUT2D eigenvalue weighted by atomic mass is 127. The lowest BCUT2D eigenvalue weighted by molar-refractivity contribution is 0.151. The molecule has 1 N–H and O–H groups in total. The Morgan fingerprint density at radius 2 is 1.92 bits per heavy atom. The van der Waals surface area contributed by atoms with E-state index in [2.05, 4.69) is 46.9 Å². The molecule has 1 atom stereocenters. The molecule has 0 radical (unpaired) electrons. The van der Waals surface area contributed by atoms with Crippen molar-refractivity contribution in [3.8, 4) is 0 Å². The number of hydrogen-bond acceptors (Lipinski definition) is 1. The van der Waals surface area contributed by atoms with E-state index in [4.69, 9.17) is 0 Å². The van der Waals surface area contributed by atoms with E-state index in [1.807, 2.05) is 0 Å². The van der Waals surface area contributed by atoms with Gasteiger partial charge in [0.2, 0.25) is 0 Å². The van der Waals surface area contributed by atoms with Crippen molar-refractivity contribution in [2.75, 3.05) is 0 Å². The second-order valence-electron chi connectivity index (χ2n) is 3.74. The van der Waals surface area contributed by atoms with Crippen LogP contribution >= 0.6 is 22.6 Å². The van der Waals surface area contributed by atoms with E-state index in [-0.39, 0.29) is 6.10 Å². The third-order valence-corrected chi connectivity index (χ3v) is 3.24. The molecule has 13 heavy (non-hydrogen) atoms. The number of aliphatic hydroxyl groups excluding tert-OH is 1. The first-order chi connectivity index (χ1) is 6.25. The second-order valence-corrected chi connectivity index (χ2v) is 4.98. The van der Waals surface area contributed by atoms with Gasteiger partial charge in [0, 0.05) is 3.57 Å². The summed E-state index contributed by atoms with van der Waals surface area (Å²) in [6.45, 7) is 0. The third kappa shape index (κ3) is 2.68. The zero-order valence-electron chi connectivity index (χ0n) is 7.41. The standard InChI is InChI=1S/C11H13IO/c12-10-5-1-8(2-6-10)7-11(13)9-3-4-9/h1-2,5-6,9,11,13H,3-4,7H2. The Balaban J connectivity index is 1.96. The highest BCUT2D eigenvalue weighted by Gasteiger charge is 2.29. The van der Waals surface area contributed by atoms with Crippen LogP contribution in [0.25, 0.3) is 0 Å². The Morgan fingerprint density at radius 3 is 2.46 bits per heavy atom. The Bertz CT molecular complexity index is 277. The van der Waals surface area contributed by atoms with Crippen LogP contribution in [0.4, 0.5) is 0 Å². The third-order valence-electron chi connectivity index (χ3n) is 2.52. The molecule has 0 aliphatic heterocycles. The SMILES string of the molecule is OC(Cc1ccc(I)cc1)C1CC1. The van der Waals surface area contributed by atoms with Crippen molar-refractivity contribution in [3.63, 3.8) is 0 Å². The van der Waals surface area contributed by atoms with Crippen LogP contribution in [-0.2, 0) is 6.42 Å². The highest BCUT2D eigenvalue weighted by molar-refractivity contribution is 14.1. The number of rotatable bonds is 3. The van der Waals surface area contributed by atoms with Crippen LogP contribution in [-0.4, -0.2) is 11.2 Å². The van der Waals surface area contributed by atoms with Gasteiger partial charge in [-0.15, -0.1) is 0 Å². The van der Waals surface area contributed by atoms with Gasteiger partial charge < -0.3 is 5.11 Å². The van der Waals surface area contributed by atoms with Gasteiger partial charge in [-0.3, -0.25) is 0 Å². The largest absolute Gasteiger partial charge is 0.392 e. The summed E-state index contributed by atoms with van der Waals surface area (Å²) in [7, 11) is 0. The summed E-state index contributed by atoms with van der Waals surface area (Å²) in [5, 5.41) is 9.71. The smallest absolute Gasteiger partial charge is 0.0608 e. The van der Waals surface area contributed by atoms with Gasteiger partial charge in [0.05, 0.1) is 6.10 Å². The predicted molar refractivity (Wildman–Crippen MR) is 61.6 cm³/mol. The summed E-state index contributed by atoms with van der Waals surface area (Å²) in [6, 6.07) is 8.39. The Morgan fingerprint density at radius 1 is 1.31 bits per heavy atom. The van der Waals surface area contributed by atoms with Crippen molar-refractivity contribution < 1.29 is 5.11 Å². The average Bonchev–Trinajstić information content (AvgIpc) is 2.91. The summed E-state index contributed by atoms with van der Waals surface area (Å²) in [4.78, 5) is 0. The fourth-order valence-corrected chi connectivity index (χ4v) is 1.87. The molecule has 0 saturated heterocycles. The number of halogens is 1. The first kappa shape index (κ1) is 9.46. The van der Waals surface area contributed by atoms with Crippen LogP contribution in [0.5, 0.6) is 0 Å². The van der Waals surface area contributed by atoms with Crippen molar-refractivity contribution in [2.24, 2.45) is 5.92 Å².